The molecule has 1 heterocycles. The maximum atomic E-state index is 5.54. The smallest absolute Gasteiger partial charge is 0.167 e. The first-order valence-corrected chi connectivity index (χ1v) is 4.93. The standard InChI is InChI=1S/C12H15NO/c1-9-10(2)13-14-12(9,3)11-7-5-4-6-8-11/h4-9H,1-3H3. The van der Waals surface area contributed by atoms with Gasteiger partial charge in [0.2, 0.25) is 0 Å². The van der Waals surface area contributed by atoms with Gasteiger partial charge in [0.1, 0.15) is 0 Å². The van der Waals surface area contributed by atoms with E-state index in [0.29, 0.717) is 5.92 Å². The molecule has 0 fully saturated rings. The van der Waals surface area contributed by atoms with Gasteiger partial charge in [-0.3, -0.25) is 0 Å². The first-order valence-electron chi connectivity index (χ1n) is 4.93. The minimum Gasteiger partial charge on any atom is -0.384 e. The third-order valence-electron chi connectivity index (χ3n) is 3.18. The Balaban J connectivity index is 2.36. The molecule has 0 saturated heterocycles. The lowest BCUT2D eigenvalue weighted by atomic mass is 9.82. The molecule has 1 aliphatic rings. The summed E-state index contributed by atoms with van der Waals surface area (Å²) in [6, 6.07) is 10.3. The summed E-state index contributed by atoms with van der Waals surface area (Å²) in [4.78, 5) is 5.54. The fraction of sp³-hybridized carbons (Fsp3) is 0.417. The molecule has 2 rings (SSSR count). The Morgan fingerprint density at radius 1 is 1.29 bits per heavy atom. The number of hydrogen-bond acceptors (Lipinski definition) is 2. The molecular formula is C12H15NO. The second kappa shape index (κ2) is 3.12. The maximum absolute atomic E-state index is 5.54. The largest absolute Gasteiger partial charge is 0.384 e. The zero-order valence-corrected chi connectivity index (χ0v) is 8.82. The van der Waals surface area contributed by atoms with Crippen LogP contribution in [0.4, 0.5) is 0 Å². The molecule has 0 N–H and O–H groups in total. The van der Waals surface area contributed by atoms with E-state index in [1.807, 2.05) is 25.1 Å². The van der Waals surface area contributed by atoms with Gasteiger partial charge in [-0.05, 0) is 19.4 Å². The molecule has 2 unspecified atom stereocenters. The topological polar surface area (TPSA) is 21.6 Å². The van der Waals surface area contributed by atoms with Crippen LogP contribution in [-0.2, 0) is 10.4 Å². The number of rotatable bonds is 1. The SMILES string of the molecule is CC1=NOC(C)(c2ccccc2)C1C. The summed E-state index contributed by atoms with van der Waals surface area (Å²) in [7, 11) is 0. The zero-order chi connectivity index (χ0) is 10.2. The summed E-state index contributed by atoms with van der Waals surface area (Å²) in [6.45, 7) is 6.25. The van der Waals surface area contributed by atoms with Crippen molar-refractivity contribution in [2.45, 2.75) is 26.4 Å². The van der Waals surface area contributed by atoms with E-state index in [-0.39, 0.29) is 5.60 Å². The summed E-state index contributed by atoms with van der Waals surface area (Å²) >= 11 is 0. The lowest BCUT2D eigenvalue weighted by Gasteiger charge is -2.27. The molecule has 1 aliphatic heterocycles. The molecule has 2 nitrogen and oxygen atoms in total. The van der Waals surface area contributed by atoms with Gasteiger partial charge in [0.15, 0.2) is 5.60 Å². The fourth-order valence-electron chi connectivity index (χ4n) is 1.80. The summed E-state index contributed by atoms with van der Waals surface area (Å²) < 4.78 is 0. The quantitative estimate of drug-likeness (QED) is 0.665. The third-order valence-corrected chi connectivity index (χ3v) is 3.18. The molecule has 1 aromatic rings. The molecular weight excluding hydrogens is 174 g/mol. The van der Waals surface area contributed by atoms with Crippen LogP contribution in [0.1, 0.15) is 26.3 Å². The van der Waals surface area contributed by atoms with Crippen LogP contribution in [0.5, 0.6) is 0 Å². The zero-order valence-electron chi connectivity index (χ0n) is 8.82. The molecule has 2 atom stereocenters. The average Bonchev–Trinajstić information content (AvgIpc) is 2.49. The number of oxime groups is 1. The van der Waals surface area contributed by atoms with E-state index in [0.717, 1.165) is 5.71 Å². The van der Waals surface area contributed by atoms with Gasteiger partial charge < -0.3 is 4.84 Å². The molecule has 0 spiro atoms. The van der Waals surface area contributed by atoms with Gasteiger partial charge in [-0.1, -0.05) is 42.4 Å². The highest BCUT2D eigenvalue weighted by Gasteiger charge is 2.41. The molecule has 1 aromatic carbocycles. The number of hydrogen-bond donors (Lipinski definition) is 0. The van der Waals surface area contributed by atoms with Gasteiger partial charge in [-0.2, -0.15) is 0 Å². The van der Waals surface area contributed by atoms with Crippen LogP contribution in [-0.4, -0.2) is 5.71 Å². The highest BCUT2D eigenvalue weighted by atomic mass is 16.7. The summed E-state index contributed by atoms with van der Waals surface area (Å²) in [5.41, 5.74) is 1.97. The Bertz CT molecular complexity index is 358. The normalized spacial score (nSPS) is 31.1. The van der Waals surface area contributed by atoms with E-state index in [1.165, 1.54) is 5.56 Å². The predicted molar refractivity (Wildman–Crippen MR) is 57.2 cm³/mol. The van der Waals surface area contributed by atoms with Gasteiger partial charge in [-0.15, -0.1) is 0 Å². The van der Waals surface area contributed by atoms with E-state index >= 15 is 0 Å². The Hall–Kier alpha value is -1.31. The van der Waals surface area contributed by atoms with Crippen LogP contribution >= 0.6 is 0 Å². The Kier molecular flexibility index (Phi) is 2.06. The van der Waals surface area contributed by atoms with Crippen molar-refractivity contribution < 1.29 is 4.84 Å². The van der Waals surface area contributed by atoms with E-state index in [4.69, 9.17) is 4.84 Å². The molecule has 0 aliphatic carbocycles. The average molecular weight is 189 g/mol. The first kappa shape index (κ1) is 9.25. The third kappa shape index (κ3) is 1.22. The Morgan fingerprint density at radius 3 is 2.43 bits per heavy atom. The highest BCUT2D eigenvalue weighted by molar-refractivity contribution is 5.86. The van der Waals surface area contributed by atoms with Crippen LogP contribution in [0.15, 0.2) is 35.5 Å². The molecule has 0 amide bonds. The van der Waals surface area contributed by atoms with Gasteiger partial charge in [0.05, 0.1) is 5.71 Å². The summed E-state index contributed by atoms with van der Waals surface area (Å²) in [5.74, 6) is 0.338. The van der Waals surface area contributed by atoms with Crippen LogP contribution in [0.3, 0.4) is 0 Å². The van der Waals surface area contributed by atoms with Crippen molar-refractivity contribution >= 4 is 5.71 Å². The van der Waals surface area contributed by atoms with E-state index in [1.54, 1.807) is 0 Å². The highest BCUT2D eigenvalue weighted by Crippen LogP contribution is 2.38. The predicted octanol–water partition coefficient (Wildman–Crippen LogP) is 2.94. The molecule has 2 heteroatoms. The monoisotopic (exact) mass is 189 g/mol. The van der Waals surface area contributed by atoms with Crippen molar-refractivity contribution in [1.82, 2.24) is 0 Å². The molecule has 0 bridgehead atoms. The summed E-state index contributed by atoms with van der Waals surface area (Å²) in [5, 5.41) is 4.06. The molecule has 0 aromatic heterocycles. The van der Waals surface area contributed by atoms with E-state index < -0.39 is 0 Å². The Labute approximate surface area is 84.6 Å². The second-order valence-electron chi connectivity index (χ2n) is 4.02. The van der Waals surface area contributed by atoms with Crippen molar-refractivity contribution in [3.05, 3.63) is 35.9 Å². The van der Waals surface area contributed by atoms with E-state index in [2.05, 4.69) is 31.1 Å². The van der Waals surface area contributed by atoms with Crippen LogP contribution in [0.2, 0.25) is 0 Å². The Morgan fingerprint density at radius 2 is 1.93 bits per heavy atom. The van der Waals surface area contributed by atoms with Gasteiger partial charge in [0, 0.05) is 5.92 Å². The number of benzene rings is 1. The van der Waals surface area contributed by atoms with Crippen molar-refractivity contribution in [3.8, 4) is 0 Å². The lowest BCUT2D eigenvalue weighted by molar-refractivity contribution is -0.0308. The molecule has 74 valence electrons. The second-order valence-corrected chi connectivity index (χ2v) is 4.02. The fourth-order valence-corrected chi connectivity index (χ4v) is 1.80. The van der Waals surface area contributed by atoms with Crippen molar-refractivity contribution in [3.63, 3.8) is 0 Å². The maximum Gasteiger partial charge on any atom is 0.167 e. The molecule has 14 heavy (non-hydrogen) atoms. The van der Waals surface area contributed by atoms with Crippen molar-refractivity contribution in [2.24, 2.45) is 11.1 Å². The van der Waals surface area contributed by atoms with Crippen LogP contribution in [0.25, 0.3) is 0 Å². The summed E-state index contributed by atoms with van der Waals surface area (Å²) in [6.07, 6.45) is 0. The minimum atomic E-state index is -0.286. The van der Waals surface area contributed by atoms with Crippen molar-refractivity contribution in [1.29, 1.82) is 0 Å². The van der Waals surface area contributed by atoms with Crippen LogP contribution in [0, 0.1) is 5.92 Å². The lowest BCUT2D eigenvalue weighted by Crippen LogP contribution is -2.30. The van der Waals surface area contributed by atoms with E-state index in [9.17, 15) is 0 Å². The van der Waals surface area contributed by atoms with Gasteiger partial charge >= 0.3 is 0 Å². The molecule has 0 radical (unpaired) electrons. The van der Waals surface area contributed by atoms with Crippen LogP contribution < -0.4 is 0 Å². The number of nitrogens with zero attached hydrogens (tertiary/aromatic N) is 1. The van der Waals surface area contributed by atoms with Gasteiger partial charge in [0.25, 0.3) is 0 Å². The first-order chi connectivity index (χ1) is 6.64. The molecule has 0 saturated carbocycles. The minimum absolute atomic E-state index is 0.286. The van der Waals surface area contributed by atoms with Crippen molar-refractivity contribution in [2.75, 3.05) is 0 Å². The van der Waals surface area contributed by atoms with Gasteiger partial charge in [-0.25, -0.2) is 0 Å².